The maximum Gasteiger partial charge on any atom is 0.128 e. The quantitative estimate of drug-likeness (QED) is 0.454. The van der Waals surface area contributed by atoms with Crippen molar-refractivity contribution in [1.82, 2.24) is 0 Å². The van der Waals surface area contributed by atoms with Gasteiger partial charge in [0, 0.05) is 10.2 Å². The van der Waals surface area contributed by atoms with Crippen molar-refractivity contribution in [1.29, 1.82) is 0 Å². The minimum absolute atomic E-state index is 0.334. The molecule has 3 fully saturated rings. The number of hydrogen-bond donors (Lipinski definition) is 1. The predicted molar refractivity (Wildman–Crippen MR) is 104 cm³/mol. The van der Waals surface area contributed by atoms with Crippen LogP contribution < -0.4 is 0 Å². The molecule has 3 aliphatic carbocycles. The Hall–Kier alpha value is -0.630. The number of aliphatic hydroxyl groups is 1. The normalized spacial score (nSPS) is 37.6. The Morgan fingerprint density at radius 3 is 2.52 bits per heavy atom. The summed E-state index contributed by atoms with van der Waals surface area (Å²) in [6, 6.07) is 0. The number of rotatable bonds is 4. The van der Waals surface area contributed by atoms with Gasteiger partial charge in [0.1, 0.15) is 5.76 Å². The molecule has 0 aromatic carbocycles. The van der Waals surface area contributed by atoms with Gasteiger partial charge in [0.2, 0.25) is 0 Å². The Bertz CT molecular complexity index is 488. The van der Waals surface area contributed by atoms with Crippen molar-refractivity contribution >= 4 is 11.8 Å². The van der Waals surface area contributed by atoms with Crippen LogP contribution in [-0.2, 0) is 0 Å². The largest absolute Gasteiger partial charge is 0.507 e. The predicted octanol–water partition coefficient (Wildman–Crippen LogP) is 6.74. The van der Waals surface area contributed by atoms with Gasteiger partial charge in [0.05, 0.1) is 0 Å². The van der Waals surface area contributed by atoms with Crippen molar-refractivity contribution in [2.45, 2.75) is 65.6 Å². The summed E-state index contributed by atoms with van der Waals surface area (Å²) in [4.78, 5) is 0.842. The van der Waals surface area contributed by atoms with Crippen LogP contribution in [0, 0.1) is 29.1 Å². The molecule has 1 nitrogen and oxygen atoms in total. The maximum absolute atomic E-state index is 10.1. The lowest BCUT2D eigenvalue weighted by Gasteiger charge is -2.33. The van der Waals surface area contributed by atoms with Crippen molar-refractivity contribution in [3.05, 3.63) is 35.5 Å². The summed E-state index contributed by atoms with van der Waals surface area (Å²) in [5, 5.41) is 10.8. The first-order valence-electron chi connectivity index (χ1n) is 9.32. The summed E-state index contributed by atoms with van der Waals surface area (Å²) >= 11 is 1.84. The molecule has 0 radical (unpaired) electrons. The van der Waals surface area contributed by atoms with Crippen LogP contribution in [0.5, 0.6) is 0 Å². The summed E-state index contributed by atoms with van der Waals surface area (Å²) in [6.07, 6.45) is 11.3. The fraction of sp³-hybridized carbons (Fsp3) is 0.714. The lowest BCUT2D eigenvalue weighted by Crippen LogP contribution is -2.29. The molecule has 130 valence electrons. The van der Waals surface area contributed by atoms with Gasteiger partial charge in [0.15, 0.2) is 0 Å². The molecule has 0 saturated heterocycles. The molecule has 0 aromatic heterocycles. The third-order valence-electron chi connectivity index (χ3n) is 6.04. The third kappa shape index (κ3) is 3.57. The summed E-state index contributed by atoms with van der Waals surface area (Å²) in [5.41, 5.74) is 0.366. The molecule has 1 N–H and O–H groups in total. The molecular formula is C21H34OS. The number of aliphatic hydroxyl groups excluding tert-OH is 1. The van der Waals surface area contributed by atoms with Gasteiger partial charge in [-0.3, -0.25) is 0 Å². The average Bonchev–Trinajstić information content (AvgIpc) is 3.19. The van der Waals surface area contributed by atoms with Crippen molar-refractivity contribution in [3.63, 3.8) is 0 Å². The third-order valence-corrected chi connectivity index (χ3v) is 7.74. The first kappa shape index (κ1) is 18.7. The second-order valence-corrected chi connectivity index (χ2v) is 9.04. The van der Waals surface area contributed by atoms with Gasteiger partial charge in [-0.25, -0.2) is 0 Å². The standard InChI is InChI=1S/C19H28OS.C2H6/c1-5-6-7-16(20)12(2)21-18-17-14-9-8-13(10-14)15(17)11-19(18,3)4;1-2/h5-7,13-15,17-18,20H,2,8-11H2,1,3-4H3;1-2H3/b6-5-,16-7+;. The zero-order chi connectivity index (χ0) is 17.2. The number of thioether (sulfide) groups is 1. The van der Waals surface area contributed by atoms with E-state index in [1.165, 1.54) is 25.7 Å². The fourth-order valence-corrected chi connectivity index (χ4v) is 6.70. The van der Waals surface area contributed by atoms with Crippen LogP contribution in [0.1, 0.15) is 60.3 Å². The molecule has 5 unspecified atom stereocenters. The molecule has 0 aromatic rings. The fourth-order valence-electron chi connectivity index (χ4n) is 5.21. The number of hydrogen-bond acceptors (Lipinski definition) is 2. The Balaban J connectivity index is 0.000000924. The minimum Gasteiger partial charge on any atom is -0.507 e. The Morgan fingerprint density at radius 2 is 1.87 bits per heavy atom. The molecule has 5 atom stereocenters. The van der Waals surface area contributed by atoms with Gasteiger partial charge in [-0.2, -0.15) is 0 Å². The first-order valence-corrected chi connectivity index (χ1v) is 10.2. The van der Waals surface area contributed by atoms with Crippen LogP contribution in [0.15, 0.2) is 35.5 Å². The molecule has 3 saturated carbocycles. The van der Waals surface area contributed by atoms with Gasteiger partial charge >= 0.3 is 0 Å². The van der Waals surface area contributed by atoms with E-state index < -0.39 is 0 Å². The van der Waals surface area contributed by atoms with Crippen LogP contribution in [0.3, 0.4) is 0 Å². The topological polar surface area (TPSA) is 20.2 Å². The van der Waals surface area contributed by atoms with Crippen LogP contribution in [0.2, 0.25) is 0 Å². The van der Waals surface area contributed by atoms with Gasteiger partial charge < -0.3 is 5.11 Å². The summed E-state index contributed by atoms with van der Waals surface area (Å²) < 4.78 is 0. The van der Waals surface area contributed by atoms with Crippen molar-refractivity contribution in [2.24, 2.45) is 29.1 Å². The van der Waals surface area contributed by atoms with Gasteiger partial charge in [-0.05, 0) is 67.8 Å². The van der Waals surface area contributed by atoms with Crippen molar-refractivity contribution in [2.75, 3.05) is 0 Å². The SMILES string of the molecule is C=C(SC1C2C3CCC(C3)C2CC1(C)C)/C(O)=C\C=C/C.CC. The van der Waals surface area contributed by atoms with Crippen molar-refractivity contribution in [3.8, 4) is 0 Å². The minimum atomic E-state index is 0.334. The highest BCUT2D eigenvalue weighted by molar-refractivity contribution is 8.03. The zero-order valence-corrected chi connectivity index (χ0v) is 16.3. The highest BCUT2D eigenvalue weighted by atomic mass is 32.2. The van der Waals surface area contributed by atoms with Gasteiger partial charge in [0.25, 0.3) is 0 Å². The van der Waals surface area contributed by atoms with Gasteiger partial charge in [-0.1, -0.05) is 46.4 Å². The Labute approximate surface area is 147 Å². The number of fused-ring (bicyclic) bond motifs is 5. The van der Waals surface area contributed by atoms with Crippen LogP contribution in [0.4, 0.5) is 0 Å². The van der Waals surface area contributed by atoms with Crippen molar-refractivity contribution < 1.29 is 5.11 Å². The highest BCUT2D eigenvalue weighted by Crippen LogP contribution is 2.66. The Kier molecular flexibility index (Phi) is 6.10. The summed E-state index contributed by atoms with van der Waals surface area (Å²) in [5.74, 6) is 4.06. The van der Waals surface area contributed by atoms with E-state index in [1.54, 1.807) is 6.08 Å². The first-order chi connectivity index (χ1) is 10.9. The summed E-state index contributed by atoms with van der Waals surface area (Å²) in [7, 11) is 0. The summed E-state index contributed by atoms with van der Waals surface area (Å²) in [6.45, 7) is 14.9. The molecule has 23 heavy (non-hydrogen) atoms. The van der Waals surface area contributed by atoms with Gasteiger partial charge in [-0.15, -0.1) is 11.8 Å². The molecule has 0 amide bonds. The van der Waals surface area contributed by atoms with E-state index in [-0.39, 0.29) is 0 Å². The Morgan fingerprint density at radius 1 is 1.22 bits per heavy atom. The molecular weight excluding hydrogens is 300 g/mol. The molecule has 2 bridgehead atoms. The molecule has 0 heterocycles. The highest BCUT2D eigenvalue weighted by Gasteiger charge is 2.59. The second-order valence-electron chi connectivity index (χ2n) is 7.81. The molecule has 3 aliphatic rings. The monoisotopic (exact) mass is 334 g/mol. The van der Waals surface area contributed by atoms with E-state index in [9.17, 15) is 5.11 Å². The van der Waals surface area contributed by atoms with E-state index >= 15 is 0 Å². The smallest absolute Gasteiger partial charge is 0.128 e. The number of allylic oxidation sites excluding steroid dienone is 3. The average molecular weight is 335 g/mol. The molecule has 3 rings (SSSR count). The zero-order valence-electron chi connectivity index (χ0n) is 15.5. The van der Waals surface area contributed by atoms with Crippen LogP contribution >= 0.6 is 11.8 Å². The van der Waals surface area contributed by atoms with E-state index in [4.69, 9.17) is 0 Å². The van der Waals surface area contributed by atoms with E-state index in [0.717, 1.165) is 28.6 Å². The molecule has 0 spiro atoms. The van der Waals surface area contributed by atoms with Crippen LogP contribution in [-0.4, -0.2) is 10.4 Å². The lowest BCUT2D eigenvalue weighted by molar-refractivity contribution is 0.263. The van der Waals surface area contributed by atoms with Crippen LogP contribution in [0.25, 0.3) is 0 Å². The second kappa shape index (κ2) is 7.51. The molecule has 0 aliphatic heterocycles. The molecule has 2 heteroatoms. The van der Waals surface area contributed by atoms with E-state index in [2.05, 4.69) is 20.4 Å². The maximum atomic E-state index is 10.1. The van der Waals surface area contributed by atoms with E-state index in [0.29, 0.717) is 16.4 Å². The lowest BCUT2D eigenvalue weighted by atomic mass is 9.82. The van der Waals surface area contributed by atoms with E-state index in [1.807, 2.05) is 44.7 Å².